The Kier molecular flexibility index (Phi) is 9.18. The summed E-state index contributed by atoms with van der Waals surface area (Å²) in [5.74, 6) is -0.426. The zero-order chi connectivity index (χ0) is 31.3. The van der Waals surface area contributed by atoms with Crippen molar-refractivity contribution in [2.75, 3.05) is 11.9 Å². The molecular weight excluding hydrogens is 619 g/mol. The van der Waals surface area contributed by atoms with Gasteiger partial charge in [-0.1, -0.05) is 65.8 Å². The third kappa shape index (κ3) is 7.05. The Morgan fingerprint density at radius 1 is 1.07 bits per heavy atom. The number of nitrogens with zero attached hydrogens (tertiary/aromatic N) is 3. The molecule has 9 nitrogen and oxygen atoms in total. The van der Waals surface area contributed by atoms with E-state index < -0.39 is 23.2 Å². The molecule has 0 bridgehead atoms. The van der Waals surface area contributed by atoms with Crippen molar-refractivity contribution in [3.05, 3.63) is 119 Å². The number of aliphatic imine (C=N–C) groups is 1. The molecule has 0 aliphatic carbocycles. The zero-order valence-corrected chi connectivity index (χ0v) is 25.5. The Morgan fingerprint density at radius 2 is 1.87 bits per heavy atom. The summed E-state index contributed by atoms with van der Waals surface area (Å²) in [6, 6.07) is 23.1. The highest BCUT2D eigenvalue weighted by Gasteiger charge is 2.40. The second-order valence-corrected chi connectivity index (χ2v) is 12.0. The largest absolute Gasteiger partial charge is 0.467 e. The second kappa shape index (κ2) is 13.6. The summed E-state index contributed by atoms with van der Waals surface area (Å²) in [5, 5.41) is 2.80. The molecule has 0 radical (unpaired) electrons. The molecule has 12 heteroatoms. The first-order valence-corrected chi connectivity index (χ1v) is 15.5. The van der Waals surface area contributed by atoms with Gasteiger partial charge in [0.15, 0.2) is 5.17 Å². The third-order valence-corrected chi connectivity index (χ3v) is 8.98. The van der Waals surface area contributed by atoms with Gasteiger partial charge >= 0.3 is 6.09 Å². The minimum absolute atomic E-state index is 0.127. The fraction of sp³-hybridized carbons (Fsp3) is 0.212. The number of hydrogen-bond acceptors (Lipinski definition) is 7. The lowest BCUT2D eigenvalue weighted by atomic mass is 10.1. The molecule has 1 unspecified atom stereocenters. The van der Waals surface area contributed by atoms with E-state index in [1.165, 1.54) is 46.0 Å². The number of anilines is 1. The van der Waals surface area contributed by atoms with Gasteiger partial charge in [-0.2, -0.15) is 0 Å². The maximum atomic E-state index is 13.6. The van der Waals surface area contributed by atoms with Gasteiger partial charge in [0.25, 0.3) is 0 Å². The van der Waals surface area contributed by atoms with Gasteiger partial charge in [-0.3, -0.25) is 19.4 Å². The SMILES string of the molecule is O=C(Nc1ccc(C2SC(=Nc3ccc(F)cc3Cl)N(Cc3ccco3)C2=O)cc1)[C@H]1CCCN1C(=O)OCc1ccccc1. The van der Waals surface area contributed by atoms with Gasteiger partial charge in [0.05, 0.1) is 23.5 Å². The molecule has 6 rings (SSSR count). The van der Waals surface area contributed by atoms with Crippen LogP contribution in [0, 0.1) is 5.82 Å². The number of carbonyl (C=O) groups excluding carboxylic acids is 3. The van der Waals surface area contributed by atoms with Crippen molar-refractivity contribution in [1.29, 1.82) is 0 Å². The van der Waals surface area contributed by atoms with E-state index >= 15 is 0 Å². The molecule has 0 saturated carbocycles. The van der Waals surface area contributed by atoms with Crippen LogP contribution in [0.1, 0.15) is 35.0 Å². The molecule has 0 spiro atoms. The molecule has 1 N–H and O–H groups in total. The summed E-state index contributed by atoms with van der Waals surface area (Å²) >= 11 is 7.46. The second-order valence-electron chi connectivity index (χ2n) is 10.5. The van der Waals surface area contributed by atoms with Crippen LogP contribution in [-0.2, 0) is 27.5 Å². The van der Waals surface area contributed by atoms with Crippen LogP contribution < -0.4 is 5.32 Å². The van der Waals surface area contributed by atoms with Crippen molar-refractivity contribution in [2.24, 2.45) is 4.99 Å². The number of furan rings is 1. The van der Waals surface area contributed by atoms with Crippen molar-refractivity contribution >= 4 is 57.8 Å². The number of ether oxygens (including phenoxy) is 1. The van der Waals surface area contributed by atoms with Gasteiger partial charge in [0.1, 0.15) is 29.5 Å². The summed E-state index contributed by atoms with van der Waals surface area (Å²) in [4.78, 5) is 47.1. The fourth-order valence-electron chi connectivity index (χ4n) is 5.16. The van der Waals surface area contributed by atoms with Crippen molar-refractivity contribution in [2.45, 2.75) is 37.3 Å². The van der Waals surface area contributed by atoms with Gasteiger partial charge in [0.2, 0.25) is 11.8 Å². The molecule has 2 aliphatic heterocycles. The van der Waals surface area contributed by atoms with Crippen LogP contribution in [0.5, 0.6) is 0 Å². The summed E-state index contributed by atoms with van der Waals surface area (Å²) in [6.07, 6.45) is 2.23. The number of likely N-dealkylation sites (tertiary alicyclic amines) is 1. The highest BCUT2D eigenvalue weighted by molar-refractivity contribution is 8.15. The van der Waals surface area contributed by atoms with Crippen LogP contribution >= 0.6 is 23.4 Å². The van der Waals surface area contributed by atoms with E-state index in [1.807, 2.05) is 30.3 Å². The maximum Gasteiger partial charge on any atom is 0.410 e. The van der Waals surface area contributed by atoms with Gasteiger partial charge in [-0.15, -0.1) is 0 Å². The number of hydrogen-bond donors (Lipinski definition) is 1. The first kappa shape index (κ1) is 30.4. The summed E-state index contributed by atoms with van der Waals surface area (Å²) in [5.41, 5.74) is 2.44. The summed E-state index contributed by atoms with van der Waals surface area (Å²) in [7, 11) is 0. The molecule has 3 aromatic carbocycles. The molecule has 4 aromatic rings. The average molecular weight is 647 g/mol. The summed E-state index contributed by atoms with van der Waals surface area (Å²) < 4.78 is 24.5. The molecule has 45 heavy (non-hydrogen) atoms. The Balaban J connectivity index is 1.13. The monoisotopic (exact) mass is 646 g/mol. The van der Waals surface area contributed by atoms with Crippen molar-refractivity contribution in [3.8, 4) is 0 Å². The lowest BCUT2D eigenvalue weighted by Gasteiger charge is -2.23. The number of amidine groups is 1. The van der Waals surface area contributed by atoms with E-state index in [0.717, 1.165) is 5.56 Å². The lowest BCUT2D eigenvalue weighted by Crippen LogP contribution is -2.43. The number of carbonyl (C=O) groups is 3. The van der Waals surface area contributed by atoms with Gasteiger partial charge in [-0.05, 0) is 66.4 Å². The standard InChI is InChI=1S/C33H28ClFN4O5S/c34-26-18-23(35)12-15-27(26)37-32-39(19-25-8-5-17-43-25)31(41)29(45-32)22-10-13-24(14-11-22)36-30(40)28-9-4-16-38(28)33(42)44-20-21-6-2-1-3-7-21/h1-3,5-8,10-15,17-18,28-29H,4,9,16,19-20H2,(H,36,40)/t28-,29?/m1/s1. The molecule has 1 aromatic heterocycles. The molecular formula is C33H28ClFN4O5S. The van der Waals surface area contributed by atoms with Crippen molar-refractivity contribution in [3.63, 3.8) is 0 Å². The highest BCUT2D eigenvalue weighted by atomic mass is 35.5. The van der Waals surface area contributed by atoms with Gasteiger partial charge in [-0.25, -0.2) is 14.2 Å². The molecule has 2 saturated heterocycles. The quantitative estimate of drug-likeness (QED) is 0.215. The van der Waals surface area contributed by atoms with Crippen LogP contribution in [0.2, 0.25) is 5.02 Å². The lowest BCUT2D eigenvalue weighted by molar-refractivity contribution is -0.126. The number of nitrogens with one attached hydrogen (secondary N) is 1. The predicted molar refractivity (Wildman–Crippen MR) is 170 cm³/mol. The molecule has 3 heterocycles. The van der Waals surface area contributed by atoms with Crippen LogP contribution in [0.4, 0.5) is 20.6 Å². The Hall–Kier alpha value is -4.61. The molecule has 230 valence electrons. The van der Waals surface area contributed by atoms with E-state index in [-0.39, 0.29) is 30.0 Å². The number of benzene rings is 3. The van der Waals surface area contributed by atoms with Crippen LogP contribution in [0.15, 0.2) is 101 Å². The van der Waals surface area contributed by atoms with E-state index in [0.29, 0.717) is 47.3 Å². The zero-order valence-electron chi connectivity index (χ0n) is 23.9. The number of rotatable bonds is 8. The third-order valence-electron chi connectivity index (χ3n) is 7.44. The van der Waals surface area contributed by atoms with Gasteiger partial charge < -0.3 is 14.5 Å². The molecule has 2 aliphatic rings. The van der Waals surface area contributed by atoms with Crippen LogP contribution in [0.3, 0.4) is 0 Å². The molecule has 2 fully saturated rings. The van der Waals surface area contributed by atoms with E-state index in [1.54, 1.807) is 36.4 Å². The first-order valence-electron chi connectivity index (χ1n) is 14.3. The van der Waals surface area contributed by atoms with Crippen molar-refractivity contribution < 1.29 is 27.9 Å². The number of halogens is 2. The normalized spacial score (nSPS) is 18.9. The van der Waals surface area contributed by atoms with E-state index in [2.05, 4.69) is 10.3 Å². The van der Waals surface area contributed by atoms with Gasteiger partial charge in [0, 0.05) is 12.2 Å². The molecule has 2 atom stereocenters. The first-order chi connectivity index (χ1) is 21.9. The van der Waals surface area contributed by atoms with E-state index in [4.69, 9.17) is 20.8 Å². The minimum Gasteiger partial charge on any atom is -0.467 e. The smallest absolute Gasteiger partial charge is 0.410 e. The minimum atomic E-state index is -0.646. The number of amides is 3. The topological polar surface area (TPSA) is 104 Å². The highest BCUT2D eigenvalue weighted by Crippen LogP contribution is 2.42. The van der Waals surface area contributed by atoms with Crippen LogP contribution in [0.25, 0.3) is 0 Å². The fourth-order valence-corrected chi connectivity index (χ4v) is 6.53. The summed E-state index contributed by atoms with van der Waals surface area (Å²) in [6.45, 7) is 0.728. The predicted octanol–water partition coefficient (Wildman–Crippen LogP) is 7.32. The van der Waals surface area contributed by atoms with Crippen LogP contribution in [-0.4, -0.2) is 45.5 Å². The van der Waals surface area contributed by atoms with Crippen molar-refractivity contribution in [1.82, 2.24) is 9.80 Å². The Bertz CT molecular complexity index is 1720. The Morgan fingerprint density at radius 3 is 2.60 bits per heavy atom. The maximum absolute atomic E-state index is 13.6. The Labute approximate surface area is 268 Å². The number of thioether (sulfide) groups is 1. The average Bonchev–Trinajstić information content (AvgIpc) is 3.81. The molecule has 3 amide bonds. The van der Waals surface area contributed by atoms with E-state index in [9.17, 15) is 18.8 Å².